The molecular formula is C26H32N4O2S. The lowest BCUT2D eigenvalue weighted by molar-refractivity contribution is 0.143. The van der Waals surface area contributed by atoms with Crippen LogP contribution in [0.25, 0.3) is 11.3 Å². The summed E-state index contributed by atoms with van der Waals surface area (Å²) in [7, 11) is 1.67. The fourth-order valence-corrected chi connectivity index (χ4v) is 4.68. The van der Waals surface area contributed by atoms with Crippen molar-refractivity contribution >= 4 is 23.1 Å². The van der Waals surface area contributed by atoms with Gasteiger partial charge < -0.3 is 15.0 Å². The molecule has 174 valence electrons. The summed E-state index contributed by atoms with van der Waals surface area (Å²) in [6.07, 6.45) is 0. The van der Waals surface area contributed by atoms with Crippen LogP contribution in [-0.2, 0) is 12.0 Å². The first-order chi connectivity index (χ1) is 15.8. The molecule has 0 atom stereocenters. The number of nitrogens with one attached hydrogen (secondary N) is 1. The van der Waals surface area contributed by atoms with E-state index in [0.717, 1.165) is 47.3 Å². The number of anilines is 1. The van der Waals surface area contributed by atoms with Gasteiger partial charge in [0.2, 0.25) is 0 Å². The summed E-state index contributed by atoms with van der Waals surface area (Å²) in [6.45, 7) is 10.5. The minimum absolute atomic E-state index is 0.0331. The highest BCUT2D eigenvalue weighted by molar-refractivity contribution is 7.09. The highest BCUT2D eigenvalue weighted by atomic mass is 32.1. The summed E-state index contributed by atoms with van der Waals surface area (Å²) in [4.78, 5) is 21.8. The molecule has 2 aromatic carbocycles. The molecule has 0 unspecified atom stereocenters. The molecule has 4 rings (SSSR count). The van der Waals surface area contributed by atoms with Crippen molar-refractivity contribution in [2.24, 2.45) is 0 Å². The van der Waals surface area contributed by atoms with Gasteiger partial charge in [0.25, 0.3) is 0 Å². The molecule has 0 bridgehead atoms. The second-order valence-electron chi connectivity index (χ2n) is 9.38. The minimum atomic E-state index is -0.0331. The number of thiazole rings is 1. The molecule has 7 heteroatoms. The summed E-state index contributed by atoms with van der Waals surface area (Å²) in [5.41, 5.74) is 4.28. The fourth-order valence-electron chi connectivity index (χ4n) is 3.83. The van der Waals surface area contributed by atoms with E-state index in [2.05, 4.69) is 48.5 Å². The zero-order chi connectivity index (χ0) is 23.4. The number of urea groups is 1. The van der Waals surface area contributed by atoms with E-state index in [9.17, 15) is 4.79 Å². The van der Waals surface area contributed by atoms with Crippen molar-refractivity contribution in [2.45, 2.75) is 32.7 Å². The maximum atomic E-state index is 12.7. The molecule has 1 aromatic heterocycles. The number of ether oxygens (including phenoxy) is 1. The van der Waals surface area contributed by atoms with E-state index in [0.29, 0.717) is 13.1 Å². The first kappa shape index (κ1) is 23.3. The molecule has 6 nitrogen and oxygen atoms in total. The van der Waals surface area contributed by atoms with Crippen molar-refractivity contribution in [2.75, 3.05) is 38.6 Å². The van der Waals surface area contributed by atoms with Crippen LogP contribution in [0.2, 0.25) is 0 Å². The average Bonchev–Trinajstić information content (AvgIpc) is 3.28. The van der Waals surface area contributed by atoms with Gasteiger partial charge in [-0.2, -0.15) is 0 Å². The fraction of sp³-hybridized carbons (Fsp3) is 0.385. The van der Waals surface area contributed by atoms with Gasteiger partial charge in [0.15, 0.2) is 0 Å². The SMILES string of the molecule is COc1ccc(-c2csc(CN3CCN(C(=O)Nc4ccc(C(C)(C)C)cc4)CC3)n2)cc1. The lowest BCUT2D eigenvalue weighted by atomic mass is 9.87. The van der Waals surface area contributed by atoms with E-state index in [1.807, 2.05) is 41.3 Å². The van der Waals surface area contributed by atoms with Crippen molar-refractivity contribution in [1.29, 1.82) is 0 Å². The first-order valence-electron chi connectivity index (χ1n) is 11.3. The Balaban J connectivity index is 1.26. The molecular weight excluding hydrogens is 432 g/mol. The Morgan fingerprint density at radius 2 is 1.70 bits per heavy atom. The molecule has 2 amide bonds. The maximum absolute atomic E-state index is 12.7. The topological polar surface area (TPSA) is 57.7 Å². The largest absolute Gasteiger partial charge is 0.497 e. The Bertz CT molecular complexity index is 1060. The van der Waals surface area contributed by atoms with Crippen LogP contribution >= 0.6 is 11.3 Å². The minimum Gasteiger partial charge on any atom is -0.497 e. The first-order valence-corrected chi connectivity index (χ1v) is 12.2. The van der Waals surface area contributed by atoms with Crippen molar-refractivity contribution in [3.05, 3.63) is 64.5 Å². The number of rotatable bonds is 5. The van der Waals surface area contributed by atoms with E-state index in [4.69, 9.17) is 9.72 Å². The van der Waals surface area contributed by atoms with Gasteiger partial charge in [-0.15, -0.1) is 11.3 Å². The number of carbonyl (C=O) groups excluding carboxylic acids is 1. The Hall–Kier alpha value is -2.90. The summed E-state index contributed by atoms with van der Waals surface area (Å²) in [5, 5.41) is 6.23. The number of aromatic nitrogens is 1. The third-order valence-corrected chi connectivity index (χ3v) is 6.79. The summed E-state index contributed by atoms with van der Waals surface area (Å²) >= 11 is 1.68. The standard InChI is InChI=1S/C26H32N4O2S/c1-26(2,3)20-7-9-21(10-8-20)27-25(31)30-15-13-29(14-16-30)17-24-28-23(18-33-24)19-5-11-22(32-4)12-6-19/h5-12,18H,13-17H2,1-4H3,(H,27,31). The molecule has 1 N–H and O–H groups in total. The van der Waals surface area contributed by atoms with Gasteiger partial charge in [0.05, 0.1) is 19.3 Å². The van der Waals surface area contributed by atoms with Gasteiger partial charge in [-0.3, -0.25) is 4.90 Å². The summed E-state index contributed by atoms with van der Waals surface area (Å²) in [6, 6.07) is 16.1. The number of methoxy groups -OCH3 is 1. The third-order valence-electron chi connectivity index (χ3n) is 5.96. The molecule has 0 radical (unpaired) electrons. The lowest BCUT2D eigenvalue weighted by Crippen LogP contribution is -2.49. The zero-order valence-corrected chi connectivity index (χ0v) is 20.6. The van der Waals surface area contributed by atoms with E-state index in [-0.39, 0.29) is 11.4 Å². The number of carbonyl (C=O) groups is 1. The Morgan fingerprint density at radius 3 is 2.30 bits per heavy atom. The van der Waals surface area contributed by atoms with Crippen LogP contribution in [0.1, 0.15) is 31.3 Å². The Kier molecular flexibility index (Phi) is 7.00. The van der Waals surface area contributed by atoms with Crippen molar-refractivity contribution in [3.8, 4) is 17.0 Å². The second kappa shape index (κ2) is 9.93. The second-order valence-corrected chi connectivity index (χ2v) is 10.3. The van der Waals surface area contributed by atoms with Crippen LogP contribution in [0.5, 0.6) is 5.75 Å². The number of hydrogen-bond donors (Lipinski definition) is 1. The molecule has 1 aliphatic heterocycles. The van der Waals surface area contributed by atoms with Crippen LogP contribution in [0.4, 0.5) is 10.5 Å². The molecule has 1 saturated heterocycles. The number of piperazine rings is 1. The molecule has 1 fully saturated rings. The van der Waals surface area contributed by atoms with Gasteiger partial charge in [0.1, 0.15) is 10.8 Å². The van der Waals surface area contributed by atoms with E-state index in [1.54, 1.807) is 18.4 Å². The van der Waals surface area contributed by atoms with Crippen molar-refractivity contribution in [3.63, 3.8) is 0 Å². The van der Waals surface area contributed by atoms with Crippen molar-refractivity contribution < 1.29 is 9.53 Å². The van der Waals surface area contributed by atoms with Gasteiger partial charge >= 0.3 is 6.03 Å². The molecule has 3 aromatic rings. The summed E-state index contributed by atoms with van der Waals surface area (Å²) in [5.74, 6) is 0.845. The lowest BCUT2D eigenvalue weighted by Gasteiger charge is -2.34. The predicted octanol–water partition coefficient (Wildman–Crippen LogP) is 5.47. The van der Waals surface area contributed by atoms with Crippen LogP contribution in [0, 0.1) is 0 Å². The van der Waals surface area contributed by atoms with E-state index in [1.165, 1.54) is 5.56 Å². The number of nitrogens with zero attached hydrogens (tertiary/aromatic N) is 3. The van der Waals surface area contributed by atoms with Gasteiger partial charge in [-0.1, -0.05) is 32.9 Å². The highest BCUT2D eigenvalue weighted by Crippen LogP contribution is 2.26. The summed E-state index contributed by atoms with van der Waals surface area (Å²) < 4.78 is 5.23. The van der Waals surface area contributed by atoms with Crippen molar-refractivity contribution in [1.82, 2.24) is 14.8 Å². The number of amides is 2. The predicted molar refractivity (Wildman–Crippen MR) is 135 cm³/mol. The zero-order valence-electron chi connectivity index (χ0n) is 19.8. The van der Waals surface area contributed by atoms with E-state index >= 15 is 0 Å². The van der Waals surface area contributed by atoms with Gasteiger partial charge in [0, 0.05) is 42.8 Å². The third kappa shape index (κ3) is 5.92. The highest BCUT2D eigenvalue weighted by Gasteiger charge is 2.22. The molecule has 0 saturated carbocycles. The van der Waals surface area contributed by atoms with Gasteiger partial charge in [-0.05, 0) is 47.4 Å². The molecule has 1 aliphatic rings. The maximum Gasteiger partial charge on any atom is 0.321 e. The van der Waals surface area contributed by atoms with Crippen LogP contribution < -0.4 is 10.1 Å². The Morgan fingerprint density at radius 1 is 1.03 bits per heavy atom. The molecule has 2 heterocycles. The average molecular weight is 465 g/mol. The Labute approximate surface area is 200 Å². The van der Waals surface area contributed by atoms with Crippen LogP contribution in [0.3, 0.4) is 0 Å². The molecule has 0 aliphatic carbocycles. The number of hydrogen-bond acceptors (Lipinski definition) is 5. The molecule has 0 spiro atoms. The smallest absolute Gasteiger partial charge is 0.321 e. The molecule has 33 heavy (non-hydrogen) atoms. The quantitative estimate of drug-likeness (QED) is 0.544. The monoisotopic (exact) mass is 464 g/mol. The number of benzene rings is 2. The normalized spacial score (nSPS) is 14.8. The van der Waals surface area contributed by atoms with Gasteiger partial charge in [-0.25, -0.2) is 9.78 Å². The van der Waals surface area contributed by atoms with E-state index < -0.39 is 0 Å². The van der Waals surface area contributed by atoms with Crippen LogP contribution in [-0.4, -0.2) is 54.1 Å². The van der Waals surface area contributed by atoms with Crippen LogP contribution in [0.15, 0.2) is 53.9 Å².